The fourth-order valence-electron chi connectivity index (χ4n) is 19.3. The number of benzene rings is 13. The molecule has 0 bridgehead atoms. The van der Waals surface area contributed by atoms with Crippen molar-refractivity contribution < 1.29 is 0 Å². The minimum atomic E-state index is 0.932. The first-order chi connectivity index (χ1) is 64.2. The predicted octanol–water partition coefficient (Wildman–Crippen LogP) is 29.6. The standard InChI is InChI=1S/3C24H18N2.2C23H17N3/c1-26-22-14-6-4-10-18(22)17-9-2-3-12-20(17)24-21(13-8-16-25-24)19-11-5-7-15-23(19)26;1-26-23-12-6-4-10-20(23)17-8-2-3-9-18(17)22-16-25-15-14-19(22)21-11-5-7-13-24(21)26;1-26-23-12-6-4-10-20(23)18-9-3-2-8-17(18)19-14-15-25-16-22(19)21-11-5-7-13-24(21)26;1-26-22-15-24-14-12-20(22)18-9-4-2-7-16(18)17-8-3-5-10-19(17)21-11-6-13-25-23(21)26;1-26-22-11-13-24-14-21(22)19-9-5-3-7-17(19)16-6-2-4-8-18(16)20-10-12-25-15-23(20)26/h3*2-16H,1H3;2*2-15H,1H3. The van der Waals surface area contributed by atoms with E-state index in [2.05, 4.69) is 441 Å². The van der Waals surface area contributed by atoms with Gasteiger partial charge in [0, 0.05) is 206 Å². The van der Waals surface area contributed by atoms with Crippen LogP contribution in [0, 0.1) is 0 Å². The Morgan fingerprint density at radius 1 is 0.131 bits per heavy atom. The zero-order chi connectivity index (χ0) is 87.5. The van der Waals surface area contributed by atoms with E-state index in [0.717, 1.165) is 54.6 Å². The van der Waals surface area contributed by atoms with Crippen molar-refractivity contribution in [2.75, 3.05) is 0 Å². The summed E-state index contributed by atoms with van der Waals surface area (Å²) in [7, 11) is 10.6. The van der Waals surface area contributed by atoms with Gasteiger partial charge in [-0.05, 0) is 166 Å². The SMILES string of the molecule is Cn1c2ccccc2c2ccccc2c2ccncc2c2ccccc21.Cn1c2ccccc2c2ccccc2c2cnccc2c2ccccc21.Cn1c2ccccc2c2ccccc2c2ncccc2c2ccccc21.Cn1c2ccncc2c2ccccc2c2ccccc2c2ccncc21.Cn1c2cnccc2c2ccccc2c2ccccc2c2cccnc21. The second-order valence-corrected chi connectivity index (χ2v) is 32.5. The Morgan fingerprint density at radius 2 is 0.323 bits per heavy atom. The molecule has 0 aliphatic rings. The van der Waals surface area contributed by atoms with E-state index in [4.69, 9.17) is 9.97 Å². The van der Waals surface area contributed by atoms with E-state index in [1.54, 1.807) is 0 Å². The van der Waals surface area contributed by atoms with Crippen molar-refractivity contribution in [3.05, 3.63) is 444 Å². The van der Waals surface area contributed by atoms with Crippen molar-refractivity contribution in [1.29, 1.82) is 0 Å². The Balaban J connectivity index is 0.0000000983. The molecular formula is C118H88N12. The third-order valence-corrected chi connectivity index (χ3v) is 25.4. The maximum atomic E-state index is 4.78. The fraction of sp³-hybridized carbons (Fsp3) is 0.0424. The van der Waals surface area contributed by atoms with Gasteiger partial charge in [0.1, 0.15) is 5.65 Å². The molecule has 13 aromatic carbocycles. The summed E-state index contributed by atoms with van der Waals surface area (Å²) < 4.78 is 11.2. The molecular weight excluding hydrogens is 1590 g/mol. The molecule has 130 heavy (non-hydrogen) atoms. The molecule has 12 nitrogen and oxygen atoms in total. The molecule has 620 valence electrons. The van der Waals surface area contributed by atoms with Crippen LogP contribution < -0.4 is 0 Å². The number of nitrogens with zero attached hydrogens (tertiary/aromatic N) is 12. The molecule has 0 atom stereocenters. The molecule has 0 saturated carbocycles. The van der Waals surface area contributed by atoms with E-state index in [9.17, 15) is 0 Å². The summed E-state index contributed by atoms with van der Waals surface area (Å²) in [6.45, 7) is 0. The third-order valence-electron chi connectivity index (χ3n) is 25.4. The average molecular weight is 1670 g/mol. The highest BCUT2D eigenvalue weighted by Crippen LogP contribution is 2.39. The predicted molar refractivity (Wildman–Crippen MR) is 550 cm³/mol. The van der Waals surface area contributed by atoms with Crippen LogP contribution in [-0.2, 0) is 35.2 Å². The molecule has 0 aliphatic carbocycles. The van der Waals surface area contributed by atoms with E-state index < -0.39 is 0 Å². The van der Waals surface area contributed by atoms with Crippen LogP contribution in [-0.4, -0.2) is 57.7 Å². The van der Waals surface area contributed by atoms with Crippen molar-refractivity contribution >= 4 is 217 Å². The molecule has 0 saturated heterocycles. The van der Waals surface area contributed by atoms with Gasteiger partial charge in [0.25, 0.3) is 0 Å². The van der Waals surface area contributed by atoms with Crippen molar-refractivity contribution in [1.82, 2.24) is 57.7 Å². The number of hydrogen-bond donors (Lipinski definition) is 0. The number of rotatable bonds is 0. The minimum absolute atomic E-state index is 0.932. The largest absolute Gasteiger partial charge is 0.344 e. The molecule has 25 aromatic rings. The van der Waals surface area contributed by atoms with Gasteiger partial charge in [0.05, 0.1) is 34.5 Å². The summed E-state index contributed by atoms with van der Waals surface area (Å²) in [5, 5.41) is 34.8. The lowest BCUT2D eigenvalue weighted by Gasteiger charge is -2.07. The summed E-state index contributed by atoms with van der Waals surface area (Å²) in [4.78, 5) is 31.5. The normalized spacial score (nSPS) is 11.3. The van der Waals surface area contributed by atoms with E-state index >= 15 is 0 Å². The van der Waals surface area contributed by atoms with Crippen molar-refractivity contribution in [2.45, 2.75) is 0 Å². The van der Waals surface area contributed by atoms with Crippen LogP contribution in [0.4, 0.5) is 0 Å². The fourth-order valence-corrected chi connectivity index (χ4v) is 19.3. The molecule has 25 rings (SSSR count). The number of fused-ring (bicyclic) bond motifs is 35. The Kier molecular flexibility index (Phi) is 21.6. The molecule has 0 amide bonds. The van der Waals surface area contributed by atoms with Gasteiger partial charge in [-0.2, -0.15) is 0 Å². The third kappa shape index (κ3) is 14.6. The number of pyridine rings is 7. The molecule has 12 aromatic heterocycles. The Morgan fingerprint density at radius 3 is 0.708 bits per heavy atom. The van der Waals surface area contributed by atoms with Gasteiger partial charge in [0.15, 0.2) is 0 Å². The lowest BCUT2D eigenvalue weighted by atomic mass is 10.0. The lowest BCUT2D eigenvalue weighted by Crippen LogP contribution is -1.95. The first-order valence-corrected chi connectivity index (χ1v) is 43.7. The van der Waals surface area contributed by atoms with Gasteiger partial charge < -0.3 is 22.8 Å². The summed E-state index contributed by atoms with van der Waals surface area (Å²) in [5.74, 6) is 0. The molecule has 0 fully saturated rings. The first-order valence-electron chi connectivity index (χ1n) is 43.7. The second-order valence-electron chi connectivity index (χ2n) is 32.5. The molecule has 0 spiro atoms. The van der Waals surface area contributed by atoms with Gasteiger partial charge in [-0.15, -0.1) is 0 Å². The number of para-hydroxylation sites is 6. The number of hydrogen-bond acceptors (Lipinski definition) is 7. The van der Waals surface area contributed by atoms with Crippen LogP contribution in [0.2, 0.25) is 0 Å². The van der Waals surface area contributed by atoms with Gasteiger partial charge in [-0.1, -0.05) is 285 Å². The molecule has 0 aliphatic heterocycles. The molecule has 12 heterocycles. The highest BCUT2D eigenvalue weighted by Gasteiger charge is 2.15. The highest BCUT2D eigenvalue weighted by molar-refractivity contribution is 6.24. The second kappa shape index (κ2) is 35.1. The topological polar surface area (TPSA) is 115 Å². The van der Waals surface area contributed by atoms with Crippen molar-refractivity contribution in [3.63, 3.8) is 0 Å². The van der Waals surface area contributed by atoms with Crippen LogP contribution in [0.3, 0.4) is 0 Å². The summed E-state index contributed by atoms with van der Waals surface area (Å²) in [5.41, 5.74) is 12.4. The van der Waals surface area contributed by atoms with Gasteiger partial charge in [0.2, 0.25) is 0 Å². The molecule has 0 radical (unpaired) electrons. The zero-order valence-electron chi connectivity index (χ0n) is 72.5. The summed E-state index contributed by atoms with van der Waals surface area (Å²) >= 11 is 0. The van der Waals surface area contributed by atoms with E-state index in [1.807, 2.05) is 86.5 Å². The number of aryl methyl sites for hydroxylation is 5. The zero-order valence-corrected chi connectivity index (χ0v) is 72.5. The molecule has 12 heteroatoms. The summed E-state index contributed by atoms with van der Waals surface area (Å²) in [6.07, 6.45) is 22.8. The number of aromatic nitrogens is 12. The lowest BCUT2D eigenvalue weighted by molar-refractivity contribution is 0.977. The van der Waals surface area contributed by atoms with E-state index in [1.165, 1.54) is 162 Å². The Hall–Kier alpha value is -17.1. The van der Waals surface area contributed by atoms with Gasteiger partial charge in [-0.3, -0.25) is 29.9 Å². The Labute approximate surface area is 749 Å². The van der Waals surface area contributed by atoms with Crippen molar-refractivity contribution in [3.8, 4) is 0 Å². The maximum absolute atomic E-state index is 4.78. The minimum Gasteiger partial charge on any atom is -0.344 e. The van der Waals surface area contributed by atoms with Crippen LogP contribution in [0.25, 0.3) is 217 Å². The smallest absolute Gasteiger partial charge is 0.140 e. The monoisotopic (exact) mass is 1670 g/mol. The van der Waals surface area contributed by atoms with Gasteiger partial charge in [-0.25, -0.2) is 4.98 Å². The molecule has 0 unspecified atom stereocenters. The maximum Gasteiger partial charge on any atom is 0.140 e. The van der Waals surface area contributed by atoms with Crippen LogP contribution in [0.1, 0.15) is 0 Å². The van der Waals surface area contributed by atoms with Gasteiger partial charge >= 0.3 is 0 Å². The van der Waals surface area contributed by atoms with Crippen LogP contribution >= 0.6 is 0 Å². The Bertz CT molecular complexity index is 7440. The highest BCUT2D eigenvalue weighted by atomic mass is 15.0. The van der Waals surface area contributed by atoms with Crippen LogP contribution in [0.15, 0.2) is 444 Å². The summed E-state index contributed by atoms with van der Waals surface area (Å²) in [6, 6.07) is 130. The van der Waals surface area contributed by atoms with E-state index in [0.29, 0.717) is 0 Å². The van der Waals surface area contributed by atoms with Crippen LogP contribution in [0.5, 0.6) is 0 Å². The average Bonchev–Trinajstić information content (AvgIpc) is 1.63. The van der Waals surface area contributed by atoms with E-state index in [-0.39, 0.29) is 0 Å². The molecule has 0 N–H and O–H groups in total. The van der Waals surface area contributed by atoms with Crippen molar-refractivity contribution in [2.24, 2.45) is 35.2 Å². The quantitative estimate of drug-likeness (QED) is 0.148. The first kappa shape index (κ1) is 80.0.